The summed E-state index contributed by atoms with van der Waals surface area (Å²) in [5.41, 5.74) is 2.60. The molecule has 0 spiro atoms. The van der Waals surface area contributed by atoms with Crippen molar-refractivity contribution in [1.29, 1.82) is 0 Å². The topological polar surface area (TPSA) is 103 Å². The fourth-order valence-corrected chi connectivity index (χ4v) is 4.75. The van der Waals surface area contributed by atoms with Crippen molar-refractivity contribution in [2.45, 2.75) is 32.7 Å². The van der Waals surface area contributed by atoms with Crippen LogP contribution in [0.2, 0.25) is 10.0 Å². The predicted octanol–water partition coefficient (Wildman–Crippen LogP) is 5.82. The lowest BCUT2D eigenvalue weighted by atomic mass is 9.73. The Morgan fingerprint density at radius 1 is 1.12 bits per heavy atom. The SMILES string of the molecule is CC1(C)CC(=O)C2=C(C1)Nc1nc(-c3ccc(Cl)c(Cl)c3)nn1C2c1ccc([N+](=O)[O-])cc1. The summed E-state index contributed by atoms with van der Waals surface area (Å²) in [5, 5.41) is 19.9. The fraction of sp³-hybridized carbons (Fsp3) is 0.261. The number of aromatic nitrogens is 3. The van der Waals surface area contributed by atoms with E-state index in [9.17, 15) is 14.9 Å². The van der Waals surface area contributed by atoms with Gasteiger partial charge in [-0.1, -0.05) is 37.0 Å². The number of nitrogens with zero attached hydrogens (tertiary/aromatic N) is 4. The molecule has 0 amide bonds. The van der Waals surface area contributed by atoms with Crippen molar-refractivity contribution in [3.8, 4) is 11.4 Å². The van der Waals surface area contributed by atoms with Crippen LogP contribution in [0.3, 0.4) is 0 Å². The van der Waals surface area contributed by atoms with E-state index in [1.165, 1.54) is 12.1 Å². The highest BCUT2D eigenvalue weighted by Gasteiger charge is 2.42. The first-order valence-corrected chi connectivity index (χ1v) is 11.1. The molecule has 1 aliphatic heterocycles. The number of nitrogens with one attached hydrogen (secondary N) is 1. The van der Waals surface area contributed by atoms with E-state index in [4.69, 9.17) is 28.3 Å². The summed E-state index contributed by atoms with van der Waals surface area (Å²) in [6.45, 7) is 4.11. The maximum atomic E-state index is 13.3. The fourth-order valence-electron chi connectivity index (χ4n) is 4.45. The van der Waals surface area contributed by atoms with Crippen molar-refractivity contribution in [1.82, 2.24) is 14.8 Å². The zero-order valence-electron chi connectivity index (χ0n) is 17.8. The summed E-state index contributed by atoms with van der Waals surface area (Å²) in [7, 11) is 0. The van der Waals surface area contributed by atoms with Gasteiger partial charge >= 0.3 is 0 Å². The molecule has 2 aromatic carbocycles. The van der Waals surface area contributed by atoms with Crippen LogP contribution in [0.1, 0.15) is 38.3 Å². The van der Waals surface area contributed by atoms with Gasteiger partial charge in [0.1, 0.15) is 6.04 Å². The third-order valence-electron chi connectivity index (χ3n) is 5.93. The molecule has 1 unspecified atom stereocenters. The Labute approximate surface area is 199 Å². The minimum atomic E-state index is -0.551. The number of carbonyl (C=O) groups is 1. The van der Waals surface area contributed by atoms with Crippen LogP contribution in [0.15, 0.2) is 53.7 Å². The third-order valence-corrected chi connectivity index (χ3v) is 6.67. The molecule has 0 saturated carbocycles. The van der Waals surface area contributed by atoms with Crippen LogP contribution >= 0.6 is 23.2 Å². The van der Waals surface area contributed by atoms with E-state index in [2.05, 4.69) is 24.1 Å². The molecule has 0 bridgehead atoms. The quantitative estimate of drug-likeness (QED) is 0.371. The van der Waals surface area contributed by atoms with Gasteiger partial charge in [-0.25, -0.2) is 4.68 Å². The molecule has 1 N–H and O–H groups in total. The first kappa shape index (κ1) is 21.6. The summed E-state index contributed by atoms with van der Waals surface area (Å²) in [5.74, 6) is 0.938. The first-order chi connectivity index (χ1) is 15.6. The molecular weight excluding hydrogens is 465 g/mol. The highest BCUT2D eigenvalue weighted by Crippen LogP contribution is 2.46. The molecule has 0 radical (unpaired) electrons. The van der Waals surface area contributed by atoms with E-state index in [0.717, 1.165) is 11.3 Å². The maximum absolute atomic E-state index is 13.3. The molecule has 168 valence electrons. The first-order valence-electron chi connectivity index (χ1n) is 10.3. The van der Waals surface area contributed by atoms with E-state index in [0.29, 0.717) is 45.8 Å². The number of allylic oxidation sites excluding steroid dienone is 2. The van der Waals surface area contributed by atoms with Crippen LogP contribution in [0, 0.1) is 15.5 Å². The lowest BCUT2D eigenvalue weighted by Gasteiger charge is -2.38. The number of carbonyl (C=O) groups excluding carboxylic acids is 1. The monoisotopic (exact) mass is 483 g/mol. The van der Waals surface area contributed by atoms with Crippen LogP contribution in [0.4, 0.5) is 11.6 Å². The Morgan fingerprint density at radius 3 is 2.52 bits per heavy atom. The number of fused-ring (bicyclic) bond motifs is 1. The average Bonchev–Trinajstić information content (AvgIpc) is 3.17. The Morgan fingerprint density at radius 2 is 1.85 bits per heavy atom. The van der Waals surface area contributed by atoms with Crippen molar-refractivity contribution in [3.05, 3.63) is 79.5 Å². The van der Waals surface area contributed by atoms with Crippen LogP contribution in [-0.2, 0) is 4.79 Å². The average molecular weight is 484 g/mol. The van der Waals surface area contributed by atoms with Gasteiger partial charge in [0, 0.05) is 35.4 Å². The second-order valence-electron chi connectivity index (χ2n) is 9.04. The number of rotatable bonds is 3. The molecule has 2 aliphatic rings. The van der Waals surface area contributed by atoms with Gasteiger partial charge in [0.2, 0.25) is 5.95 Å². The zero-order valence-corrected chi connectivity index (χ0v) is 19.3. The van der Waals surface area contributed by atoms with Gasteiger partial charge in [-0.05, 0) is 47.7 Å². The molecule has 0 fully saturated rings. The van der Waals surface area contributed by atoms with Gasteiger partial charge in [-0.15, -0.1) is 5.10 Å². The van der Waals surface area contributed by atoms with Crippen molar-refractivity contribution in [2.75, 3.05) is 5.32 Å². The predicted molar refractivity (Wildman–Crippen MR) is 125 cm³/mol. The molecule has 1 aliphatic carbocycles. The summed E-state index contributed by atoms with van der Waals surface area (Å²) >= 11 is 12.2. The van der Waals surface area contributed by atoms with E-state index < -0.39 is 11.0 Å². The lowest BCUT2D eigenvalue weighted by molar-refractivity contribution is -0.384. The number of nitro benzene ring substituents is 1. The van der Waals surface area contributed by atoms with E-state index >= 15 is 0 Å². The standard InChI is InChI=1S/C23H19Cl2N5O3/c1-23(2)10-17-19(18(31)11-23)20(12-3-6-14(7-4-12)30(32)33)29-22(26-17)27-21(28-29)13-5-8-15(24)16(25)9-13/h3-9,20H,10-11H2,1-2H3,(H,26,27,28). The molecule has 10 heteroatoms. The Bertz CT molecular complexity index is 1340. The summed E-state index contributed by atoms with van der Waals surface area (Å²) in [6.07, 6.45) is 1.08. The highest BCUT2D eigenvalue weighted by atomic mass is 35.5. The van der Waals surface area contributed by atoms with Gasteiger partial charge < -0.3 is 5.32 Å². The number of hydrogen-bond acceptors (Lipinski definition) is 6. The molecule has 3 aromatic rings. The van der Waals surface area contributed by atoms with Gasteiger partial charge in [-0.2, -0.15) is 4.98 Å². The van der Waals surface area contributed by atoms with Gasteiger partial charge in [0.15, 0.2) is 11.6 Å². The third kappa shape index (κ3) is 3.79. The maximum Gasteiger partial charge on any atom is 0.269 e. The lowest BCUT2D eigenvalue weighted by Crippen LogP contribution is -2.36. The number of non-ortho nitro benzene ring substituents is 1. The minimum absolute atomic E-state index is 0.0201. The van der Waals surface area contributed by atoms with Crippen LogP contribution in [-0.4, -0.2) is 25.5 Å². The smallest absolute Gasteiger partial charge is 0.269 e. The molecule has 0 saturated heterocycles. The largest absolute Gasteiger partial charge is 0.328 e. The van der Waals surface area contributed by atoms with E-state index in [1.54, 1.807) is 35.0 Å². The van der Waals surface area contributed by atoms with Crippen molar-refractivity contribution in [3.63, 3.8) is 0 Å². The summed E-state index contributed by atoms with van der Waals surface area (Å²) < 4.78 is 1.66. The van der Waals surface area contributed by atoms with Crippen LogP contribution < -0.4 is 5.32 Å². The van der Waals surface area contributed by atoms with Crippen molar-refractivity contribution in [2.24, 2.45) is 5.41 Å². The number of nitro groups is 1. The van der Waals surface area contributed by atoms with E-state index in [-0.39, 0.29) is 16.9 Å². The number of Topliss-reactive ketones (excluding diaryl/α,β-unsaturated/α-hetero) is 1. The number of halogens is 2. The molecule has 33 heavy (non-hydrogen) atoms. The van der Waals surface area contributed by atoms with Gasteiger partial charge in [0.25, 0.3) is 5.69 Å². The van der Waals surface area contributed by atoms with E-state index in [1.807, 2.05) is 0 Å². The van der Waals surface area contributed by atoms with Gasteiger partial charge in [0.05, 0.1) is 15.0 Å². The molecule has 1 aromatic heterocycles. The molecule has 1 atom stereocenters. The van der Waals surface area contributed by atoms with Crippen LogP contribution in [0.5, 0.6) is 0 Å². The Balaban J connectivity index is 1.66. The molecule has 2 heterocycles. The Kier molecular flexibility index (Phi) is 5.02. The van der Waals surface area contributed by atoms with Gasteiger partial charge in [-0.3, -0.25) is 14.9 Å². The number of benzene rings is 2. The van der Waals surface area contributed by atoms with Crippen molar-refractivity contribution >= 4 is 40.6 Å². The zero-order chi connectivity index (χ0) is 23.5. The number of hydrogen-bond donors (Lipinski definition) is 1. The number of anilines is 1. The normalized spacial score (nSPS) is 19.0. The van der Waals surface area contributed by atoms with Crippen LogP contribution in [0.25, 0.3) is 11.4 Å². The second kappa shape index (κ2) is 7.67. The molecule has 5 rings (SSSR count). The molecular formula is C23H19Cl2N5O3. The summed E-state index contributed by atoms with van der Waals surface area (Å²) in [4.78, 5) is 28.6. The molecule has 8 nitrogen and oxygen atoms in total. The highest BCUT2D eigenvalue weighted by molar-refractivity contribution is 6.42. The Hall–Kier alpha value is -3.23. The number of ketones is 1. The second-order valence-corrected chi connectivity index (χ2v) is 9.86. The minimum Gasteiger partial charge on any atom is -0.328 e. The summed E-state index contributed by atoms with van der Waals surface area (Å²) in [6, 6.07) is 10.8. The van der Waals surface area contributed by atoms with Crippen molar-refractivity contribution < 1.29 is 9.72 Å².